The van der Waals surface area contributed by atoms with Gasteiger partial charge < -0.3 is 0 Å². The van der Waals surface area contributed by atoms with Gasteiger partial charge >= 0.3 is 0 Å². The van der Waals surface area contributed by atoms with E-state index in [4.69, 9.17) is 0 Å². The molecule has 1 fully saturated rings. The van der Waals surface area contributed by atoms with E-state index in [0.717, 1.165) is 32.5 Å². The molecule has 0 spiro atoms. The van der Waals surface area contributed by atoms with Crippen LogP contribution in [0.2, 0.25) is 0 Å². The van der Waals surface area contributed by atoms with Crippen LogP contribution in [-0.4, -0.2) is 35.6 Å². The minimum absolute atomic E-state index is 0. The van der Waals surface area contributed by atoms with E-state index in [0.29, 0.717) is 12.3 Å². The van der Waals surface area contributed by atoms with Crippen LogP contribution >= 0.6 is 0 Å². The molecule has 0 saturated carbocycles. The Balaban J connectivity index is 0.00000196. The molecular weight excluding hydrogens is 188 g/mol. The Morgan fingerprint density at radius 3 is 2.53 bits per heavy atom. The third-order valence-corrected chi connectivity index (χ3v) is 2.65. The molecule has 15 heavy (non-hydrogen) atoms. The van der Waals surface area contributed by atoms with E-state index in [1.165, 1.54) is 12.8 Å². The van der Waals surface area contributed by atoms with Crippen LogP contribution < -0.4 is 0 Å². The zero-order valence-corrected chi connectivity index (χ0v) is 9.46. The minimum Gasteiger partial charge on any atom is -0.275 e. The van der Waals surface area contributed by atoms with E-state index in [1.807, 2.05) is 5.01 Å². The summed E-state index contributed by atoms with van der Waals surface area (Å²) in [6, 6.07) is 0. The smallest absolute Gasteiger partial charge is 0.236 e. The molecule has 1 amide bonds. The number of unbranched alkanes of at least 4 members (excludes halogenated alkanes) is 1. The van der Waals surface area contributed by atoms with Gasteiger partial charge in [0.25, 0.3) is 0 Å². The van der Waals surface area contributed by atoms with Crippen LogP contribution in [0.15, 0.2) is 0 Å². The highest BCUT2D eigenvalue weighted by molar-refractivity contribution is 5.75. The highest BCUT2D eigenvalue weighted by Gasteiger charge is 2.24. The maximum Gasteiger partial charge on any atom is 0.236 e. The van der Waals surface area contributed by atoms with Crippen molar-refractivity contribution in [2.75, 3.05) is 19.6 Å². The second kappa shape index (κ2) is 7.69. The standard InChI is InChI=1S/C11H22N2O.CH4/c1-3-5-8-12-9-6-10-13(12)11(14)7-4-2;/h3-10H2,1-2H3;1H4. The molecule has 0 unspecified atom stereocenters. The van der Waals surface area contributed by atoms with Crippen molar-refractivity contribution < 1.29 is 4.79 Å². The summed E-state index contributed by atoms with van der Waals surface area (Å²) in [5, 5.41) is 4.18. The summed E-state index contributed by atoms with van der Waals surface area (Å²) in [6.07, 6.45) is 5.18. The van der Waals surface area contributed by atoms with Crippen molar-refractivity contribution in [3.63, 3.8) is 0 Å². The van der Waals surface area contributed by atoms with Gasteiger partial charge in [0.2, 0.25) is 5.91 Å². The highest BCUT2D eigenvalue weighted by atomic mass is 16.2. The third kappa shape index (κ3) is 4.20. The number of carbonyl (C=O) groups is 1. The Kier molecular flexibility index (Phi) is 7.39. The zero-order valence-electron chi connectivity index (χ0n) is 9.46. The normalized spacial score (nSPS) is 16.5. The quantitative estimate of drug-likeness (QED) is 0.702. The second-order valence-corrected chi connectivity index (χ2v) is 3.93. The maximum absolute atomic E-state index is 11.7. The van der Waals surface area contributed by atoms with Gasteiger partial charge in [-0.1, -0.05) is 27.7 Å². The molecule has 1 rings (SSSR count). The summed E-state index contributed by atoms with van der Waals surface area (Å²) in [5.41, 5.74) is 0. The van der Waals surface area contributed by atoms with Crippen molar-refractivity contribution >= 4 is 5.91 Å². The molecule has 3 nitrogen and oxygen atoms in total. The molecule has 0 atom stereocenters. The summed E-state index contributed by atoms with van der Waals surface area (Å²) in [6.45, 7) is 7.29. The Morgan fingerprint density at radius 1 is 1.20 bits per heavy atom. The van der Waals surface area contributed by atoms with Gasteiger partial charge in [-0.05, 0) is 19.3 Å². The van der Waals surface area contributed by atoms with Gasteiger partial charge in [0, 0.05) is 26.1 Å². The summed E-state index contributed by atoms with van der Waals surface area (Å²) < 4.78 is 0. The molecule has 1 aliphatic heterocycles. The molecule has 0 bridgehead atoms. The highest BCUT2D eigenvalue weighted by Crippen LogP contribution is 2.13. The first-order valence-corrected chi connectivity index (χ1v) is 5.84. The fourth-order valence-electron chi connectivity index (χ4n) is 1.86. The van der Waals surface area contributed by atoms with E-state index in [9.17, 15) is 4.79 Å². The average Bonchev–Trinajstić information content (AvgIpc) is 2.63. The molecule has 0 aromatic heterocycles. The molecule has 0 radical (unpaired) electrons. The molecule has 0 aromatic carbocycles. The van der Waals surface area contributed by atoms with Crippen molar-refractivity contribution in [1.82, 2.24) is 10.0 Å². The van der Waals surface area contributed by atoms with Crippen LogP contribution in [0.4, 0.5) is 0 Å². The number of amides is 1. The van der Waals surface area contributed by atoms with Crippen molar-refractivity contribution in [2.45, 2.75) is 53.4 Å². The van der Waals surface area contributed by atoms with E-state index < -0.39 is 0 Å². The zero-order chi connectivity index (χ0) is 10.4. The number of nitrogens with zero attached hydrogens (tertiary/aromatic N) is 2. The molecule has 1 aliphatic rings. The second-order valence-electron chi connectivity index (χ2n) is 3.93. The molecular formula is C12H26N2O. The number of rotatable bonds is 5. The van der Waals surface area contributed by atoms with Crippen LogP contribution in [-0.2, 0) is 4.79 Å². The summed E-state index contributed by atoms with van der Waals surface area (Å²) in [7, 11) is 0. The van der Waals surface area contributed by atoms with E-state index in [-0.39, 0.29) is 7.43 Å². The van der Waals surface area contributed by atoms with Crippen molar-refractivity contribution in [2.24, 2.45) is 0 Å². The Labute approximate surface area is 94.4 Å². The van der Waals surface area contributed by atoms with E-state index in [1.54, 1.807) is 0 Å². The molecule has 90 valence electrons. The van der Waals surface area contributed by atoms with Gasteiger partial charge in [-0.2, -0.15) is 0 Å². The number of hydrogen-bond donors (Lipinski definition) is 0. The van der Waals surface area contributed by atoms with Gasteiger partial charge in [-0.15, -0.1) is 0 Å². The van der Waals surface area contributed by atoms with E-state index in [2.05, 4.69) is 18.9 Å². The Bertz CT molecular complexity index is 182. The summed E-state index contributed by atoms with van der Waals surface area (Å²) in [4.78, 5) is 11.7. The predicted molar refractivity (Wildman–Crippen MR) is 64.5 cm³/mol. The lowest BCUT2D eigenvalue weighted by molar-refractivity contribution is -0.143. The Hall–Kier alpha value is -0.570. The lowest BCUT2D eigenvalue weighted by atomic mass is 10.3. The largest absolute Gasteiger partial charge is 0.275 e. The molecule has 0 aliphatic carbocycles. The van der Waals surface area contributed by atoms with Crippen LogP contribution in [0, 0.1) is 0 Å². The molecule has 0 N–H and O–H groups in total. The first kappa shape index (κ1) is 14.4. The lowest BCUT2D eigenvalue weighted by Gasteiger charge is -2.27. The van der Waals surface area contributed by atoms with Crippen molar-refractivity contribution in [3.05, 3.63) is 0 Å². The molecule has 1 saturated heterocycles. The van der Waals surface area contributed by atoms with Gasteiger partial charge in [-0.3, -0.25) is 9.80 Å². The number of hydrazine groups is 1. The SMILES string of the molecule is C.CCCCN1CCCN1C(=O)CCC. The van der Waals surface area contributed by atoms with Gasteiger partial charge in [0.15, 0.2) is 0 Å². The van der Waals surface area contributed by atoms with Gasteiger partial charge in [0.1, 0.15) is 0 Å². The van der Waals surface area contributed by atoms with Crippen molar-refractivity contribution in [3.8, 4) is 0 Å². The molecule has 3 heteroatoms. The fraction of sp³-hybridized carbons (Fsp3) is 0.917. The summed E-state index contributed by atoms with van der Waals surface area (Å²) >= 11 is 0. The number of carbonyl (C=O) groups excluding carboxylic acids is 1. The predicted octanol–water partition coefficient (Wildman–Crippen LogP) is 2.67. The number of hydrogen-bond acceptors (Lipinski definition) is 2. The van der Waals surface area contributed by atoms with Gasteiger partial charge in [-0.25, -0.2) is 5.01 Å². The maximum atomic E-state index is 11.7. The van der Waals surface area contributed by atoms with Gasteiger partial charge in [0.05, 0.1) is 0 Å². The fourth-order valence-corrected chi connectivity index (χ4v) is 1.86. The monoisotopic (exact) mass is 214 g/mol. The van der Waals surface area contributed by atoms with E-state index >= 15 is 0 Å². The topological polar surface area (TPSA) is 23.6 Å². The first-order chi connectivity index (χ1) is 6.79. The minimum atomic E-state index is 0. The Morgan fingerprint density at radius 2 is 1.93 bits per heavy atom. The van der Waals surface area contributed by atoms with Crippen LogP contribution in [0.25, 0.3) is 0 Å². The van der Waals surface area contributed by atoms with Crippen LogP contribution in [0.3, 0.4) is 0 Å². The molecule has 1 heterocycles. The first-order valence-electron chi connectivity index (χ1n) is 5.84. The lowest BCUT2D eigenvalue weighted by Crippen LogP contribution is -2.41. The van der Waals surface area contributed by atoms with Crippen LogP contribution in [0.5, 0.6) is 0 Å². The van der Waals surface area contributed by atoms with Crippen LogP contribution in [0.1, 0.15) is 53.4 Å². The third-order valence-electron chi connectivity index (χ3n) is 2.65. The van der Waals surface area contributed by atoms with Crippen molar-refractivity contribution in [1.29, 1.82) is 0 Å². The average molecular weight is 214 g/mol. The summed E-state index contributed by atoms with van der Waals surface area (Å²) in [5.74, 6) is 0.307. The molecule has 0 aromatic rings.